The summed E-state index contributed by atoms with van der Waals surface area (Å²) in [6, 6.07) is 4.82. The number of hydrogen-bond donors (Lipinski definition) is 1. The van der Waals surface area contributed by atoms with Crippen LogP contribution in [0.5, 0.6) is 5.75 Å². The van der Waals surface area contributed by atoms with Gasteiger partial charge >= 0.3 is 0 Å². The van der Waals surface area contributed by atoms with Gasteiger partial charge in [-0.15, -0.1) is 0 Å². The quantitative estimate of drug-likeness (QED) is 0.812. The number of aryl methyl sites for hydroxylation is 1. The predicted molar refractivity (Wildman–Crippen MR) is 55.4 cm³/mol. The van der Waals surface area contributed by atoms with Crippen molar-refractivity contribution in [2.24, 2.45) is 0 Å². The summed E-state index contributed by atoms with van der Waals surface area (Å²) >= 11 is 0. The molecule has 1 aliphatic rings. The highest BCUT2D eigenvalue weighted by Crippen LogP contribution is 2.26. The van der Waals surface area contributed by atoms with Crippen molar-refractivity contribution in [2.75, 3.05) is 0 Å². The van der Waals surface area contributed by atoms with Gasteiger partial charge in [0.2, 0.25) is 0 Å². The number of aliphatic hydroxyl groups is 1. The van der Waals surface area contributed by atoms with Gasteiger partial charge in [0.1, 0.15) is 6.10 Å². The van der Waals surface area contributed by atoms with Crippen LogP contribution in [-0.2, 0) is 0 Å². The minimum atomic E-state index is -0.331. The van der Waals surface area contributed by atoms with Crippen LogP contribution in [0.3, 0.4) is 0 Å². The molecule has 3 heteroatoms. The minimum Gasteiger partial charge on any atom is -0.487 e. The fourth-order valence-electron chi connectivity index (χ4n) is 1.90. The SMILES string of the molecule is Cc1ccc(F)c(OC2CCC(O)C2)c1. The molecule has 0 saturated heterocycles. The fourth-order valence-corrected chi connectivity index (χ4v) is 1.90. The molecule has 0 radical (unpaired) electrons. The lowest BCUT2D eigenvalue weighted by Crippen LogP contribution is -2.14. The number of rotatable bonds is 2. The monoisotopic (exact) mass is 210 g/mol. The molecule has 1 aromatic rings. The largest absolute Gasteiger partial charge is 0.487 e. The van der Waals surface area contributed by atoms with Gasteiger partial charge in [-0.2, -0.15) is 0 Å². The molecule has 2 nitrogen and oxygen atoms in total. The van der Waals surface area contributed by atoms with Crippen molar-refractivity contribution in [2.45, 2.75) is 38.4 Å². The second-order valence-electron chi connectivity index (χ2n) is 4.14. The minimum absolute atomic E-state index is 0.0451. The third-order valence-electron chi connectivity index (χ3n) is 2.74. The van der Waals surface area contributed by atoms with Crippen molar-refractivity contribution >= 4 is 0 Å². The van der Waals surface area contributed by atoms with E-state index < -0.39 is 0 Å². The van der Waals surface area contributed by atoms with E-state index in [-0.39, 0.29) is 18.0 Å². The van der Waals surface area contributed by atoms with Crippen molar-refractivity contribution in [3.8, 4) is 5.75 Å². The molecular formula is C12H15FO2. The van der Waals surface area contributed by atoms with Gasteiger partial charge in [0, 0.05) is 6.42 Å². The standard InChI is InChI=1S/C12H15FO2/c1-8-2-5-11(13)12(6-8)15-10-4-3-9(14)7-10/h2,5-6,9-10,14H,3-4,7H2,1H3. The van der Waals surface area contributed by atoms with E-state index >= 15 is 0 Å². The highest BCUT2D eigenvalue weighted by molar-refractivity contribution is 5.29. The second kappa shape index (κ2) is 4.19. The first-order valence-corrected chi connectivity index (χ1v) is 5.26. The number of hydrogen-bond acceptors (Lipinski definition) is 2. The first-order valence-electron chi connectivity index (χ1n) is 5.26. The van der Waals surface area contributed by atoms with Crippen LogP contribution in [0.2, 0.25) is 0 Å². The molecule has 0 aliphatic heterocycles. The summed E-state index contributed by atoms with van der Waals surface area (Å²) in [7, 11) is 0. The molecule has 1 aliphatic carbocycles. The van der Waals surface area contributed by atoms with Gasteiger partial charge in [0.05, 0.1) is 6.10 Å². The highest BCUT2D eigenvalue weighted by Gasteiger charge is 2.24. The van der Waals surface area contributed by atoms with Crippen LogP contribution in [-0.4, -0.2) is 17.3 Å². The van der Waals surface area contributed by atoms with Crippen molar-refractivity contribution in [3.63, 3.8) is 0 Å². The van der Waals surface area contributed by atoms with E-state index in [4.69, 9.17) is 4.74 Å². The molecule has 0 heterocycles. The van der Waals surface area contributed by atoms with Crippen LogP contribution < -0.4 is 4.74 Å². The molecule has 0 aromatic heterocycles. The molecule has 0 amide bonds. The van der Waals surface area contributed by atoms with Crippen LogP contribution in [0.15, 0.2) is 18.2 Å². The van der Waals surface area contributed by atoms with E-state index in [0.29, 0.717) is 12.2 Å². The first kappa shape index (κ1) is 10.4. The Bertz CT molecular complexity index is 351. The molecule has 1 aromatic carbocycles. The molecular weight excluding hydrogens is 195 g/mol. The number of halogens is 1. The van der Waals surface area contributed by atoms with Gasteiger partial charge in [0.15, 0.2) is 11.6 Å². The molecule has 1 N–H and O–H groups in total. The van der Waals surface area contributed by atoms with Crippen molar-refractivity contribution in [3.05, 3.63) is 29.6 Å². The Balaban J connectivity index is 2.07. The number of aliphatic hydroxyl groups excluding tert-OH is 1. The summed E-state index contributed by atoms with van der Waals surface area (Å²) in [5, 5.41) is 9.33. The van der Waals surface area contributed by atoms with E-state index in [2.05, 4.69) is 0 Å². The lowest BCUT2D eigenvalue weighted by molar-refractivity contribution is 0.147. The summed E-state index contributed by atoms with van der Waals surface area (Å²) in [6.07, 6.45) is 1.82. The average molecular weight is 210 g/mol. The molecule has 1 saturated carbocycles. The average Bonchev–Trinajstić information content (AvgIpc) is 2.58. The summed E-state index contributed by atoms with van der Waals surface area (Å²) < 4.78 is 18.9. The van der Waals surface area contributed by atoms with E-state index in [1.807, 2.05) is 6.92 Å². The van der Waals surface area contributed by atoms with Crippen LogP contribution in [0.25, 0.3) is 0 Å². The zero-order valence-corrected chi connectivity index (χ0v) is 8.74. The Labute approximate surface area is 88.7 Å². The number of benzene rings is 1. The molecule has 2 rings (SSSR count). The van der Waals surface area contributed by atoms with Crippen LogP contribution in [0.1, 0.15) is 24.8 Å². The van der Waals surface area contributed by atoms with Crippen LogP contribution in [0, 0.1) is 12.7 Å². The van der Waals surface area contributed by atoms with Gasteiger partial charge in [-0.1, -0.05) is 6.07 Å². The Morgan fingerprint density at radius 1 is 1.40 bits per heavy atom. The van der Waals surface area contributed by atoms with Crippen molar-refractivity contribution < 1.29 is 14.2 Å². The van der Waals surface area contributed by atoms with Gasteiger partial charge in [-0.3, -0.25) is 0 Å². The van der Waals surface area contributed by atoms with E-state index in [9.17, 15) is 9.50 Å². The van der Waals surface area contributed by atoms with Crippen LogP contribution in [0.4, 0.5) is 4.39 Å². The Morgan fingerprint density at radius 2 is 2.20 bits per heavy atom. The zero-order chi connectivity index (χ0) is 10.8. The summed E-state index contributed by atoms with van der Waals surface area (Å²) in [5.74, 6) is -0.0314. The first-order chi connectivity index (χ1) is 7.15. The Kier molecular flexibility index (Phi) is 2.91. The van der Waals surface area contributed by atoms with E-state index in [1.165, 1.54) is 6.07 Å². The van der Waals surface area contributed by atoms with Crippen LogP contribution >= 0.6 is 0 Å². The third kappa shape index (κ3) is 2.48. The van der Waals surface area contributed by atoms with Gasteiger partial charge in [-0.25, -0.2) is 4.39 Å². The van der Waals surface area contributed by atoms with E-state index in [0.717, 1.165) is 18.4 Å². The molecule has 15 heavy (non-hydrogen) atoms. The summed E-state index contributed by atoms with van der Waals surface area (Å²) in [4.78, 5) is 0. The lowest BCUT2D eigenvalue weighted by Gasteiger charge is -2.14. The number of ether oxygens (including phenoxy) is 1. The molecule has 82 valence electrons. The van der Waals surface area contributed by atoms with Crippen molar-refractivity contribution in [1.82, 2.24) is 0 Å². The molecule has 0 spiro atoms. The topological polar surface area (TPSA) is 29.5 Å². The third-order valence-corrected chi connectivity index (χ3v) is 2.74. The maximum Gasteiger partial charge on any atom is 0.165 e. The van der Waals surface area contributed by atoms with Gasteiger partial charge in [0.25, 0.3) is 0 Å². The Morgan fingerprint density at radius 3 is 2.87 bits per heavy atom. The lowest BCUT2D eigenvalue weighted by atomic mass is 10.2. The molecule has 2 unspecified atom stereocenters. The molecule has 1 fully saturated rings. The summed E-state index contributed by atoms with van der Waals surface area (Å²) in [6.45, 7) is 1.90. The van der Waals surface area contributed by atoms with E-state index in [1.54, 1.807) is 12.1 Å². The molecule has 0 bridgehead atoms. The molecule has 2 atom stereocenters. The normalized spacial score (nSPS) is 25.5. The fraction of sp³-hybridized carbons (Fsp3) is 0.500. The zero-order valence-electron chi connectivity index (χ0n) is 8.74. The second-order valence-corrected chi connectivity index (χ2v) is 4.14. The maximum absolute atomic E-state index is 13.3. The maximum atomic E-state index is 13.3. The Hall–Kier alpha value is -1.09. The summed E-state index contributed by atoms with van der Waals surface area (Å²) in [5.41, 5.74) is 0.977. The van der Waals surface area contributed by atoms with Crippen molar-refractivity contribution in [1.29, 1.82) is 0 Å². The van der Waals surface area contributed by atoms with Gasteiger partial charge < -0.3 is 9.84 Å². The van der Waals surface area contributed by atoms with Gasteiger partial charge in [-0.05, 0) is 37.5 Å². The predicted octanol–water partition coefficient (Wildman–Crippen LogP) is 2.43. The smallest absolute Gasteiger partial charge is 0.165 e. The highest BCUT2D eigenvalue weighted by atomic mass is 19.1.